The third-order valence-electron chi connectivity index (χ3n) is 3.81. The highest BCUT2D eigenvalue weighted by molar-refractivity contribution is 5.95. The van der Waals surface area contributed by atoms with Crippen LogP contribution in [0.15, 0.2) is 54.1 Å². The van der Waals surface area contributed by atoms with Crippen LogP contribution >= 0.6 is 0 Å². The predicted octanol–water partition coefficient (Wildman–Crippen LogP) is 4.49. The van der Waals surface area contributed by atoms with E-state index >= 15 is 0 Å². The van der Waals surface area contributed by atoms with Crippen molar-refractivity contribution < 1.29 is 9.53 Å². The van der Waals surface area contributed by atoms with E-state index in [4.69, 9.17) is 4.74 Å². The van der Waals surface area contributed by atoms with Crippen molar-refractivity contribution in [2.24, 2.45) is 5.92 Å². The molecular weight excluding hydrogens is 248 g/mol. The van der Waals surface area contributed by atoms with Gasteiger partial charge in [0.2, 0.25) is 0 Å². The van der Waals surface area contributed by atoms with Crippen molar-refractivity contribution in [2.75, 3.05) is 0 Å². The van der Waals surface area contributed by atoms with E-state index < -0.39 is 0 Å². The molecule has 20 heavy (non-hydrogen) atoms. The van der Waals surface area contributed by atoms with Crippen molar-refractivity contribution in [3.63, 3.8) is 0 Å². The summed E-state index contributed by atoms with van der Waals surface area (Å²) >= 11 is 0. The molecule has 0 N–H and O–H groups in total. The number of allylic oxidation sites excluding steroid dienone is 1. The molecular formula is C18H18O2. The largest absolute Gasteiger partial charge is 0.423 e. The Labute approximate surface area is 119 Å². The summed E-state index contributed by atoms with van der Waals surface area (Å²) in [6.07, 6.45) is 5.10. The lowest BCUT2D eigenvalue weighted by molar-refractivity contribution is -0.130. The van der Waals surface area contributed by atoms with Crippen LogP contribution in [-0.2, 0) is 4.79 Å². The molecule has 2 nitrogen and oxygen atoms in total. The highest BCUT2D eigenvalue weighted by Crippen LogP contribution is 2.28. The molecule has 2 heteroatoms. The van der Waals surface area contributed by atoms with Gasteiger partial charge in [0.25, 0.3) is 0 Å². The first-order valence-electron chi connectivity index (χ1n) is 7.14. The maximum atomic E-state index is 12.3. The highest BCUT2D eigenvalue weighted by atomic mass is 16.5. The zero-order chi connectivity index (χ0) is 13.9. The molecule has 0 aliphatic heterocycles. The number of benzene rings is 2. The van der Waals surface area contributed by atoms with Gasteiger partial charge in [-0.3, -0.25) is 0 Å². The van der Waals surface area contributed by atoms with Gasteiger partial charge in [0.05, 0.1) is 0 Å². The van der Waals surface area contributed by atoms with E-state index in [2.05, 4.69) is 13.0 Å². The summed E-state index contributed by atoms with van der Waals surface area (Å²) in [5, 5.41) is 2.07. The molecule has 1 atom stereocenters. The average Bonchev–Trinajstić information content (AvgIpc) is 2.47. The second kappa shape index (κ2) is 5.49. The molecule has 0 radical (unpaired) electrons. The van der Waals surface area contributed by atoms with Crippen LogP contribution in [0.4, 0.5) is 0 Å². The van der Waals surface area contributed by atoms with E-state index in [1.54, 1.807) is 0 Å². The fourth-order valence-corrected chi connectivity index (χ4v) is 2.74. The van der Waals surface area contributed by atoms with Crippen LogP contribution in [0.2, 0.25) is 0 Å². The van der Waals surface area contributed by atoms with Gasteiger partial charge in [0.15, 0.2) is 0 Å². The minimum atomic E-state index is -0.201. The minimum absolute atomic E-state index is 0.201. The Balaban J connectivity index is 1.88. The molecule has 0 bridgehead atoms. The number of rotatable bonds is 2. The van der Waals surface area contributed by atoms with Crippen LogP contribution in [0.25, 0.3) is 10.8 Å². The van der Waals surface area contributed by atoms with Crippen LogP contribution in [0, 0.1) is 5.92 Å². The number of ether oxygens (including phenoxy) is 1. The summed E-state index contributed by atoms with van der Waals surface area (Å²) in [6, 6.07) is 13.7. The minimum Gasteiger partial charge on any atom is -0.423 e. The van der Waals surface area contributed by atoms with E-state index in [0.29, 0.717) is 11.7 Å². The van der Waals surface area contributed by atoms with Crippen molar-refractivity contribution in [3.05, 3.63) is 54.1 Å². The maximum Gasteiger partial charge on any atom is 0.339 e. The van der Waals surface area contributed by atoms with Crippen molar-refractivity contribution >= 4 is 16.7 Å². The number of carbonyl (C=O) groups excluding carboxylic acids is 1. The number of hydrogen-bond donors (Lipinski definition) is 0. The third kappa shape index (κ3) is 2.60. The summed E-state index contributed by atoms with van der Waals surface area (Å²) in [5.74, 6) is 0.916. The van der Waals surface area contributed by atoms with Gasteiger partial charge in [-0.2, -0.15) is 0 Å². The number of fused-ring (bicyclic) bond motifs is 1. The van der Waals surface area contributed by atoms with Gasteiger partial charge in [-0.25, -0.2) is 4.79 Å². The first kappa shape index (κ1) is 12.9. The van der Waals surface area contributed by atoms with Gasteiger partial charge in [0, 0.05) is 11.0 Å². The summed E-state index contributed by atoms with van der Waals surface area (Å²) in [4.78, 5) is 12.3. The van der Waals surface area contributed by atoms with Crippen molar-refractivity contribution in [3.8, 4) is 5.75 Å². The number of hydrogen-bond acceptors (Lipinski definition) is 2. The molecule has 2 aromatic carbocycles. The lowest BCUT2D eigenvalue weighted by Gasteiger charge is -2.17. The van der Waals surface area contributed by atoms with Gasteiger partial charge in [-0.1, -0.05) is 49.4 Å². The fraction of sp³-hybridized carbons (Fsp3) is 0.278. The van der Waals surface area contributed by atoms with Crippen LogP contribution in [0.1, 0.15) is 26.2 Å². The molecule has 0 aromatic heterocycles. The molecule has 0 saturated heterocycles. The number of carbonyl (C=O) groups is 1. The molecule has 0 heterocycles. The molecule has 2 aromatic rings. The fourth-order valence-electron chi connectivity index (χ4n) is 2.74. The standard InChI is InChI=1S/C18H18O2/c1-13-6-4-9-15(12-13)18(19)20-17-11-5-8-14-7-2-3-10-16(14)17/h2-3,5,7-8,10-13H,4,6,9H2,1H3. The molecule has 0 spiro atoms. The SMILES string of the molecule is CC1C=C(C(=O)Oc2cccc3ccccc23)CCC1. The Morgan fingerprint density at radius 3 is 2.80 bits per heavy atom. The summed E-state index contributed by atoms with van der Waals surface area (Å²) in [6.45, 7) is 2.14. The molecule has 0 saturated carbocycles. The first-order chi connectivity index (χ1) is 9.74. The van der Waals surface area contributed by atoms with Gasteiger partial charge in [-0.15, -0.1) is 0 Å². The van der Waals surface area contributed by atoms with E-state index in [1.165, 1.54) is 0 Å². The lowest BCUT2D eigenvalue weighted by Crippen LogP contribution is -2.15. The van der Waals surface area contributed by atoms with E-state index in [0.717, 1.165) is 35.6 Å². The normalized spacial score (nSPS) is 18.6. The molecule has 0 fully saturated rings. The Bertz CT molecular complexity index is 665. The summed E-state index contributed by atoms with van der Waals surface area (Å²) < 4.78 is 5.61. The van der Waals surface area contributed by atoms with Crippen LogP contribution < -0.4 is 4.74 Å². The van der Waals surface area contributed by atoms with Crippen LogP contribution in [0.3, 0.4) is 0 Å². The maximum absolute atomic E-state index is 12.3. The zero-order valence-electron chi connectivity index (χ0n) is 11.6. The second-order valence-electron chi connectivity index (χ2n) is 5.43. The highest BCUT2D eigenvalue weighted by Gasteiger charge is 2.18. The van der Waals surface area contributed by atoms with Crippen molar-refractivity contribution in [1.29, 1.82) is 0 Å². The third-order valence-corrected chi connectivity index (χ3v) is 3.81. The van der Waals surface area contributed by atoms with E-state index in [-0.39, 0.29) is 5.97 Å². The van der Waals surface area contributed by atoms with Gasteiger partial charge in [0.1, 0.15) is 5.75 Å². The van der Waals surface area contributed by atoms with Crippen molar-refractivity contribution in [2.45, 2.75) is 26.2 Å². The Morgan fingerprint density at radius 2 is 1.95 bits per heavy atom. The topological polar surface area (TPSA) is 26.3 Å². The monoisotopic (exact) mass is 266 g/mol. The van der Waals surface area contributed by atoms with Gasteiger partial charge >= 0.3 is 5.97 Å². The quantitative estimate of drug-likeness (QED) is 0.591. The predicted molar refractivity (Wildman–Crippen MR) is 80.7 cm³/mol. The first-order valence-corrected chi connectivity index (χ1v) is 7.14. The molecule has 3 rings (SSSR count). The van der Waals surface area contributed by atoms with E-state index in [9.17, 15) is 4.79 Å². The van der Waals surface area contributed by atoms with Crippen molar-refractivity contribution in [1.82, 2.24) is 0 Å². The molecule has 1 aliphatic rings. The Hall–Kier alpha value is -2.09. The zero-order valence-corrected chi connectivity index (χ0v) is 11.6. The Morgan fingerprint density at radius 1 is 1.15 bits per heavy atom. The summed E-state index contributed by atoms with van der Waals surface area (Å²) in [5.41, 5.74) is 0.816. The smallest absolute Gasteiger partial charge is 0.339 e. The molecule has 102 valence electrons. The summed E-state index contributed by atoms with van der Waals surface area (Å²) in [7, 11) is 0. The molecule has 1 aliphatic carbocycles. The van der Waals surface area contributed by atoms with Gasteiger partial charge < -0.3 is 4.74 Å². The molecule has 1 unspecified atom stereocenters. The average molecular weight is 266 g/mol. The van der Waals surface area contributed by atoms with E-state index in [1.807, 2.05) is 42.5 Å². The lowest BCUT2D eigenvalue weighted by atomic mass is 9.92. The van der Waals surface area contributed by atoms with Gasteiger partial charge in [-0.05, 0) is 36.6 Å². The second-order valence-corrected chi connectivity index (χ2v) is 5.43. The molecule has 0 amide bonds. The number of esters is 1. The Kier molecular flexibility index (Phi) is 3.55. The van der Waals surface area contributed by atoms with Crippen LogP contribution in [0.5, 0.6) is 5.75 Å². The van der Waals surface area contributed by atoms with Crippen LogP contribution in [-0.4, -0.2) is 5.97 Å².